The van der Waals surface area contributed by atoms with E-state index < -0.39 is 0 Å². The van der Waals surface area contributed by atoms with E-state index in [9.17, 15) is 14.4 Å². The van der Waals surface area contributed by atoms with Crippen molar-refractivity contribution < 1.29 is 19.1 Å². The molecular weight excluding hydrogens is 430 g/mol. The molecule has 4 rings (SSSR count). The van der Waals surface area contributed by atoms with Crippen LogP contribution in [0.2, 0.25) is 5.02 Å². The van der Waals surface area contributed by atoms with Crippen LogP contribution in [0.1, 0.15) is 32.7 Å². The summed E-state index contributed by atoms with van der Waals surface area (Å²) in [5.74, 6) is 0.00183. The summed E-state index contributed by atoms with van der Waals surface area (Å²) < 4.78 is 5.74. The van der Waals surface area contributed by atoms with E-state index >= 15 is 0 Å². The number of hydrogen-bond acceptors (Lipinski definition) is 5. The van der Waals surface area contributed by atoms with Crippen molar-refractivity contribution in [1.82, 2.24) is 14.7 Å². The Labute approximate surface area is 192 Å². The Morgan fingerprint density at radius 2 is 1.69 bits per heavy atom. The van der Waals surface area contributed by atoms with Gasteiger partial charge in [-0.3, -0.25) is 24.2 Å². The number of carbonyl (C=O) groups excluding carboxylic acids is 3. The zero-order valence-electron chi connectivity index (χ0n) is 18.1. The predicted octanol–water partition coefficient (Wildman–Crippen LogP) is 2.86. The van der Waals surface area contributed by atoms with Crippen LogP contribution in [0.5, 0.6) is 5.75 Å². The summed E-state index contributed by atoms with van der Waals surface area (Å²) >= 11 is 6.10. The highest BCUT2D eigenvalue weighted by Crippen LogP contribution is 2.24. The summed E-state index contributed by atoms with van der Waals surface area (Å²) in [5, 5.41) is 0.594. The number of carbonyl (C=O) groups is 3. The van der Waals surface area contributed by atoms with Crippen molar-refractivity contribution in [2.45, 2.75) is 13.3 Å². The third kappa shape index (κ3) is 4.79. The van der Waals surface area contributed by atoms with Gasteiger partial charge in [0, 0.05) is 45.7 Å². The number of imide groups is 1. The van der Waals surface area contributed by atoms with Crippen molar-refractivity contribution in [2.24, 2.45) is 0 Å². The Hall–Kier alpha value is -2.90. The average molecular weight is 456 g/mol. The molecule has 1 saturated heterocycles. The van der Waals surface area contributed by atoms with Crippen molar-refractivity contribution in [2.75, 3.05) is 45.9 Å². The number of halogens is 1. The molecule has 0 bridgehead atoms. The van der Waals surface area contributed by atoms with Crippen molar-refractivity contribution in [1.29, 1.82) is 0 Å². The SMILES string of the molecule is Cc1ccc2c(c1)C(=O)N(CCC(=O)N1CCN(CCOc3ccccc3Cl)CC1)C2=O. The zero-order valence-corrected chi connectivity index (χ0v) is 18.8. The number of para-hydroxylation sites is 1. The lowest BCUT2D eigenvalue weighted by atomic mass is 10.1. The first-order valence-corrected chi connectivity index (χ1v) is 11.2. The molecule has 0 atom stereocenters. The fourth-order valence-electron chi connectivity index (χ4n) is 4.04. The lowest BCUT2D eigenvalue weighted by molar-refractivity contribution is -0.133. The Balaban J connectivity index is 1.20. The van der Waals surface area contributed by atoms with Crippen LogP contribution in [0, 0.1) is 6.92 Å². The van der Waals surface area contributed by atoms with Crippen LogP contribution < -0.4 is 4.74 Å². The van der Waals surface area contributed by atoms with Gasteiger partial charge >= 0.3 is 0 Å². The van der Waals surface area contributed by atoms with E-state index in [2.05, 4.69) is 4.90 Å². The summed E-state index contributed by atoms with van der Waals surface area (Å²) in [6.45, 7) is 6.01. The van der Waals surface area contributed by atoms with Gasteiger partial charge in [-0.1, -0.05) is 35.4 Å². The molecule has 2 aromatic carbocycles. The van der Waals surface area contributed by atoms with Gasteiger partial charge in [0.2, 0.25) is 5.91 Å². The molecule has 0 spiro atoms. The van der Waals surface area contributed by atoms with Crippen molar-refractivity contribution in [3.8, 4) is 5.75 Å². The van der Waals surface area contributed by atoms with Crippen LogP contribution in [-0.4, -0.2) is 78.3 Å². The molecule has 0 aliphatic carbocycles. The van der Waals surface area contributed by atoms with Gasteiger partial charge in [-0.15, -0.1) is 0 Å². The van der Waals surface area contributed by atoms with Gasteiger partial charge in [0.25, 0.3) is 11.8 Å². The van der Waals surface area contributed by atoms with Crippen LogP contribution in [0.4, 0.5) is 0 Å². The van der Waals surface area contributed by atoms with E-state index in [-0.39, 0.29) is 30.7 Å². The number of rotatable bonds is 7. The fraction of sp³-hybridized carbons (Fsp3) is 0.375. The molecule has 1 fully saturated rings. The van der Waals surface area contributed by atoms with Gasteiger partial charge < -0.3 is 9.64 Å². The van der Waals surface area contributed by atoms with Crippen molar-refractivity contribution in [3.63, 3.8) is 0 Å². The Morgan fingerprint density at radius 3 is 2.44 bits per heavy atom. The van der Waals surface area contributed by atoms with Crippen molar-refractivity contribution >= 4 is 29.3 Å². The predicted molar refractivity (Wildman–Crippen MR) is 121 cm³/mol. The maximum absolute atomic E-state index is 12.7. The molecule has 2 aliphatic rings. The molecule has 2 aliphatic heterocycles. The number of nitrogens with zero attached hydrogens (tertiary/aromatic N) is 3. The summed E-state index contributed by atoms with van der Waals surface area (Å²) in [4.78, 5) is 43.0. The molecule has 168 valence electrons. The van der Waals surface area contributed by atoms with Crippen LogP contribution in [0.15, 0.2) is 42.5 Å². The summed E-state index contributed by atoms with van der Waals surface area (Å²) in [6.07, 6.45) is 0.139. The van der Waals surface area contributed by atoms with E-state index in [1.165, 1.54) is 4.90 Å². The number of fused-ring (bicyclic) bond motifs is 1. The van der Waals surface area contributed by atoms with Crippen LogP contribution >= 0.6 is 11.6 Å². The van der Waals surface area contributed by atoms with Crippen LogP contribution in [-0.2, 0) is 4.79 Å². The normalized spacial score (nSPS) is 16.4. The number of ether oxygens (including phenoxy) is 1. The first kappa shape index (κ1) is 22.3. The lowest BCUT2D eigenvalue weighted by Crippen LogP contribution is -2.50. The molecule has 0 N–H and O–H groups in total. The molecule has 7 nitrogen and oxygen atoms in total. The third-order valence-corrected chi connectivity index (χ3v) is 6.21. The highest BCUT2D eigenvalue weighted by molar-refractivity contribution is 6.32. The topological polar surface area (TPSA) is 70.2 Å². The third-order valence-electron chi connectivity index (χ3n) is 5.90. The summed E-state index contributed by atoms with van der Waals surface area (Å²) in [6, 6.07) is 12.6. The Kier molecular flexibility index (Phi) is 6.77. The van der Waals surface area contributed by atoms with Crippen molar-refractivity contribution in [3.05, 3.63) is 64.2 Å². The first-order valence-electron chi connectivity index (χ1n) is 10.8. The van der Waals surface area contributed by atoms with Gasteiger partial charge in [-0.2, -0.15) is 0 Å². The second kappa shape index (κ2) is 9.71. The van der Waals surface area contributed by atoms with Gasteiger partial charge in [0.05, 0.1) is 16.1 Å². The number of benzene rings is 2. The molecule has 3 amide bonds. The summed E-state index contributed by atoms with van der Waals surface area (Å²) in [5.41, 5.74) is 1.77. The molecule has 0 saturated carbocycles. The minimum absolute atomic E-state index is 0.0373. The largest absolute Gasteiger partial charge is 0.491 e. The zero-order chi connectivity index (χ0) is 22.7. The fourth-order valence-corrected chi connectivity index (χ4v) is 4.23. The quantitative estimate of drug-likeness (QED) is 0.600. The van der Waals surface area contributed by atoms with E-state index in [1.807, 2.05) is 31.2 Å². The van der Waals surface area contributed by atoms with E-state index in [4.69, 9.17) is 16.3 Å². The van der Waals surface area contributed by atoms with E-state index in [0.717, 1.165) is 25.2 Å². The van der Waals surface area contributed by atoms with E-state index in [1.54, 1.807) is 23.1 Å². The minimum atomic E-state index is -0.318. The molecular formula is C24H26ClN3O4. The van der Waals surface area contributed by atoms with Crippen LogP contribution in [0.3, 0.4) is 0 Å². The second-order valence-electron chi connectivity index (χ2n) is 8.06. The van der Waals surface area contributed by atoms with Gasteiger partial charge in [0.15, 0.2) is 0 Å². The highest BCUT2D eigenvalue weighted by atomic mass is 35.5. The van der Waals surface area contributed by atoms with Gasteiger partial charge in [-0.05, 0) is 31.2 Å². The van der Waals surface area contributed by atoms with Crippen LogP contribution in [0.25, 0.3) is 0 Å². The van der Waals surface area contributed by atoms with Gasteiger partial charge in [0.1, 0.15) is 12.4 Å². The molecule has 0 unspecified atom stereocenters. The average Bonchev–Trinajstić information content (AvgIpc) is 3.03. The first-order chi connectivity index (χ1) is 15.4. The standard InChI is InChI=1S/C24H26ClN3O4/c1-17-6-7-18-19(16-17)24(31)28(23(18)30)9-8-22(29)27-12-10-26(11-13-27)14-15-32-21-5-3-2-4-20(21)25/h2-7,16H,8-15H2,1H3. The molecule has 2 aromatic rings. The maximum atomic E-state index is 12.7. The number of hydrogen-bond donors (Lipinski definition) is 0. The number of piperazine rings is 1. The van der Waals surface area contributed by atoms with E-state index in [0.29, 0.717) is 41.6 Å². The Bertz CT molecular complexity index is 1030. The highest BCUT2D eigenvalue weighted by Gasteiger charge is 2.35. The number of aryl methyl sites for hydroxylation is 1. The van der Waals surface area contributed by atoms with Gasteiger partial charge in [-0.25, -0.2) is 0 Å². The molecule has 2 heterocycles. The minimum Gasteiger partial charge on any atom is -0.491 e. The number of amides is 3. The lowest BCUT2D eigenvalue weighted by Gasteiger charge is -2.34. The Morgan fingerprint density at radius 1 is 0.969 bits per heavy atom. The second-order valence-corrected chi connectivity index (χ2v) is 8.47. The smallest absolute Gasteiger partial charge is 0.261 e. The monoisotopic (exact) mass is 455 g/mol. The molecule has 0 radical (unpaired) electrons. The molecule has 32 heavy (non-hydrogen) atoms. The summed E-state index contributed by atoms with van der Waals surface area (Å²) in [7, 11) is 0. The molecule has 8 heteroatoms. The maximum Gasteiger partial charge on any atom is 0.261 e. The molecule has 0 aromatic heterocycles.